The lowest BCUT2D eigenvalue weighted by atomic mass is 10.3. The van der Waals surface area contributed by atoms with Gasteiger partial charge in [0.1, 0.15) is 0 Å². The third-order valence-electron chi connectivity index (χ3n) is 2.91. The Morgan fingerprint density at radius 1 is 1.19 bits per heavy atom. The molecule has 120 valence electrons. The fourth-order valence-electron chi connectivity index (χ4n) is 1.76. The highest BCUT2D eigenvalue weighted by Crippen LogP contribution is 2.07. The molecule has 1 rings (SSSR count). The molecule has 0 radical (unpaired) electrons. The number of unbranched alkanes of at least 4 members (excludes halogenated alkanes) is 1. The number of ether oxygens (including phenoxy) is 2. The Balaban J connectivity index is 1.96. The predicted molar refractivity (Wildman–Crippen MR) is 89.3 cm³/mol. The molecule has 0 saturated heterocycles. The maximum absolute atomic E-state index is 5.42. The van der Waals surface area contributed by atoms with Crippen molar-refractivity contribution >= 4 is 17.3 Å². The van der Waals surface area contributed by atoms with Crippen LogP contribution >= 0.6 is 11.3 Å². The van der Waals surface area contributed by atoms with Gasteiger partial charge in [-0.3, -0.25) is 4.99 Å². The summed E-state index contributed by atoms with van der Waals surface area (Å²) in [6.07, 6.45) is 3.15. The van der Waals surface area contributed by atoms with E-state index in [1.807, 2.05) is 0 Å². The first-order valence-electron chi connectivity index (χ1n) is 7.40. The predicted octanol–water partition coefficient (Wildman–Crippen LogP) is 1.90. The van der Waals surface area contributed by atoms with Crippen molar-refractivity contribution in [2.45, 2.75) is 19.3 Å². The quantitative estimate of drug-likeness (QED) is 0.372. The van der Waals surface area contributed by atoms with Crippen molar-refractivity contribution < 1.29 is 9.47 Å². The molecule has 0 aliphatic heterocycles. The van der Waals surface area contributed by atoms with Crippen molar-refractivity contribution in [1.29, 1.82) is 0 Å². The molecule has 0 amide bonds. The number of guanidine groups is 1. The highest BCUT2D eigenvalue weighted by molar-refractivity contribution is 7.09. The van der Waals surface area contributed by atoms with Gasteiger partial charge in [0.15, 0.2) is 5.96 Å². The van der Waals surface area contributed by atoms with Crippen LogP contribution in [0.3, 0.4) is 0 Å². The van der Waals surface area contributed by atoms with E-state index >= 15 is 0 Å². The first-order chi connectivity index (χ1) is 10.4. The van der Waals surface area contributed by atoms with E-state index in [2.05, 4.69) is 33.1 Å². The Kier molecular flexibility index (Phi) is 10.8. The number of nitrogens with one attached hydrogen (secondary N) is 2. The van der Waals surface area contributed by atoms with Crippen LogP contribution in [0.5, 0.6) is 0 Å². The molecular weight excluding hydrogens is 286 g/mol. The number of aliphatic imine (C=N–C) groups is 1. The second-order valence-corrected chi connectivity index (χ2v) is 5.60. The van der Waals surface area contributed by atoms with Gasteiger partial charge in [-0.05, 0) is 30.7 Å². The molecule has 0 bridgehead atoms. The fourth-order valence-corrected chi connectivity index (χ4v) is 2.47. The van der Waals surface area contributed by atoms with E-state index in [4.69, 9.17) is 9.47 Å². The molecule has 6 heteroatoms. The zero-order valence-electron chi connectivity index (χ0n) is 13.1. The van der Waals surface area contributed by atoms with Gasteiger partial charge in [0.05, 0.1) is 13.2 Å². The van der Waals surface area contributed by atoms with Crippen LogP contribution in [-0.4, -0.2) is 53.0 Å². The summed E-state index contributed by atoms with van der Waals surface area (Å²) in [7, 11) is 3.48. The Labute approximate surface area is 131 Å². The third-order valence-corrected chi connectivity index (χ3v) is 3.84. The number of methoxy groups -OCH3 is 1. The Morgan fingerprint density at radius 3 is 2.76 bits per heavy atom. The van der Waals surface area contributed by atoms with E-state index in [0.717, 1.165) is 44.9 Å². The average molecular weight is 313 g/mol. The molecular formula is C15H27N3O2S. The first-order valence-corrected chi connectivity index (χ1v) is 8.28. The molecule has 0 fully saturated rings. The fraction of sp³-hybridized carbons (Fsp3) is 0.667. The second kappa shape index (κ2) is 12.6. The zero-order chi connectivity index (χ0) is 15.2. The van der Waals surface area contributed by atoms with Crippen LogP contribution in [-0.2, 0) is 15.9 Å². The van der Waals surface area contributed by atoms with E-state index in [1.165, 1.54) is 4.88 Å². The zero-order valence-corrected chi connectivity index (χ0v) is 13.9. The number of hydrogen-bond donors (Lipinski definition) is 2. The second-order valence-electron chi connectivity index (χ2n) is 4.57. The summed E-state index contributed by atoms with van der Waals surface area (Å²) in [5.74, 6) is 0.867. The van der Waals surface area contributed by atoms with Crippen LogP contribution in [0.1, 0.15) is 17.7 Å². The van der Waals surface area contributed by atoms with E-state index in [9.17, 15) is 0 Å². The number of rotatable bonds is 11. The minimum atomic E-state index is 0.666. The molecule has 0 aliphatic rings. The molecule has 1 aromatic heterocycles. The molecule has 1 heterocycles. The van der Waals surface area contributed by atoms with Crippen LogP contribution in [0, 0.1) is 0 Å². The van der Waals surface area contributed by atoms with Gasteiger partial charge in [0.25, 0.3) is 0 Å². The van der Waals surface area contributed by atoms with Crippen LogP contribution in [0.25, 0.3) is 0 Å². The molecule has 0 aromatic carbocycles. The molecule has 0 atom stereocenters. The van der Waals surface area contributed by atoms with Crippen molar-refractivity contribution in [3.05, 3.63) is 22.4 Å². The van der Waals surface area contributed by atoms with E-state index in [0.29, 0.717) is 13.2 Å². The molecule has 0 spiro atoms. The van der Waals surface area contributed by atoms with Crippen LogP contribution in [0.4, 0.5) is 0 Å². The van der Waals surface area contributed by atoms with Gasteiger partial charge in [-0.15, -0.1) is 11.3 Å². The SMILES string of the molecule is CN=C(NCCCCOCCOC)NCCc1cccs1. The van der Waals surface area contributed by atoms with E-state index < -0.39 is 0 Å². The number of thiophene rings is 1. The van der Waals surface area contributed by atoms with Crippen molar-refractivity contribution in [1.82, 2.24) is 10.6 Å². The van der Waals surface area contributed by atoms with Crippen molar-refractivity contribution in [3.63, 3.8) is 0 Å². The van der Waals surface area contributed by atoms with Crippen LogP contribution in [0.2, 0.25) is 0 Å². The monoisotopic (exact) mass is 313 g/mol. The van der Waals surface area contributed by atoms with Crippen molar-refractivity contribution in [2.24, 2.45) is 4.99 Å². The standard InChI is InChI=1S/C15H27N3O2S/c1-16-15(18-9-7-14-6-5-13-21-14)17-8-3-4-10-20-12-11-19-2/h5-6,13H,3-4,7-12H2,1-2H3,(H2,16,17,18). The topological polar surface area (TPSA) is 54.9 Å². The van der Waals surface area contributed by atoms with Gasteiger partial charge in [-0.2, -0.15) is 0 Å². The van der Waals surface area contributed by atoms with Crippen LogP contribution in [0.15, 0.2) is 22.5 Å². The minimum absolute atomic E-state index is 0.666. The molecule has 5 nitrogen and oxygen atoms in total. The molecule has 2 N–H and O–H groups in total. The number of nitrogens with zero attached hydrogens (tertiary/aromatic N) is 1. The summed E-state index contributed by atoms with van der Waals surface area (Å²) < 4.78 is 10.3. The Morgan fingerprint density at radius 2 is 2.05 bits per heavy atom. The average Bonchev–Trinajstić information content (AvgIpc) is 3.01. The maximum atomic E-state index is 5.42. The molecule has 0 aliphatic carbocycles. The van der Waals surface area contributed by atoms with Gasteiger partial charge in [0.2, 0.25) is 0 Å². The number of hydrogen-bond acceptors (Lipinski definition) is 4. The Hall–Kier alpha value is -1.11. The molecule has 0 saturated carbocycles. The minimum Gasteiger partial charge on any atom is -0.382 e. The summed E-state index contributed by atoms with van der Waals surface area (Å²) in [6.45, 7) is 3.94. The summed E-state index contributed by atoms with van der Waals surface area (Å²) in [5, 5.41) is 8.75. The van der Waals surface area contributed by atoms with Gasteiger partial charge in [0, 0.05) is 38.7 Å². The maximum Gasteiger partial charge on any atom is 0.190 e. The largest absolute Gasteiger partial charge is 0.382 e. The summed E-state index contributed by atoms with van der Waals surface area (Å²) in [5.41, 5.74) is 0. The lowest BCUT2D eigenvalue weighted by Crippen LogP contribution is -2.38. The molecule has 0 unspecified atom stereocenters. The van der Waals surface area contributed by atoms with Gasteiger partial charge < -0.3 is 20.1 Å². The van der Waals surface area contributed by atoms with Crippen molar-refractivity contribution in [3.8, 4) is 0 Å². The van der Waals surface area contributed by atoms with Gasteiger partial charge >= 0.3 is 0 Å². The highest BCUT2D eigenvalue weighted by Gasteiger charge is 1.98. The molecule has 1 aromatic rings. The molecule has 21 heavy (non-hydrogen) atoms. The lowest BCUT2D eigenvalue weighted by Gasteiger charge is -2.11. The van der Waals surface area contributed by atoms with Gasteiger partial charge in [-0.1, -0.05) is 6.07 Å². The van der Waals surface area contributed by atoms with Crippen molar-refractivity contribution in [2.75, 3.05) is 47.1 Å². The van der Waals surface area contributed by atoms with E-state index in [-0.39, 0.29) is 0 Å². The van der Waals surface area contributed by atoms with Gasteiger partial charge in [-0.25, -0.2) is 0 Å². The summed E-state index contributed by atoms with van der Waals surface area (Å²) >= 11 is 1.79. The van der Waals surface area contributed by atoms with Crippen LogP contribution < -0.4 is 10.6 Å². The Bertz CT molecular complexity index is 369. The normalized spacial score (nSPS) is 11.6. The summed E-state index contributed by atoms with van der Waals surface area (Å²) in [4.78, 5) is 5.61. The highest BCUT2D eigenvalue weighted by atomic mass is 32.1. The summed E-state index contributed by atoms with van der Waals surface area (Å²) in [6, 6.07) is 4.24. The smallest absolute Gasteiger partial charge is 0.190 e. The third kappa shape index (κ3) is 9.44. The first kappa shape index (κ1) is 17.9. The van der Waals surface area contributed by atoms with E-state index in [1.54, 1.807) is 25.5 Å². The lowest BCUT2D eigenvalue weighted by molar-refractivity contribution is 0.0689.